The monoisotopic (exact) mass is 145 g/mol. The van der Waals surface area contributed by atoms with Gasteiger partial charge in [0, 0.05) is 12.5 Å². The quantitative estimate of drug-likeness (QED) is 0.283. The van der Waals surface area contributed by atoms with E-state index in [-0.39, 0.29) is 11.9 Å². The fraction of sp³-hybridized carbons (Fsp3) is 0.833. The van der Waals surface area contributed by atoms with Gasteiger partial charge in [0.25, 0.3) is 0 Å². The lowest BCUT2D eigenvalue weighted by Crippen LogP contribution is -2.30. The van der Waals surface area contributed by atoms with Crippen molar-refractivity contribution in [2.24, 2.45) is 11.6 Å². The molecule has 0 spiro atoms. The molecule has 0 aliphatic carbocycles. The molecule has 0 saturated carbocycles. The molecule has 5 N–H and O–H groups in total. The van der Waals surface area contributed by atoms with Crippen LogP contribution in [0.25, 0.3) is 0 Å². The number of hydrogen-bond donors (Lipinski definition) is 3. The van der Waals surface area contributed by atoms with Gasteiger partial charge in [-0.15, -0.1) is 0 Å². The van der Waals surface area contributed by atoms with Crippen LogP contribution in [0.2, 0.25) is 0 Å². The lowest BCUT2D eigenvalue weighted by atomic mass is 10.1. The molecule has 0 aliphatic heterocycles. The Morgan fingerprint density at radius 2 is 2.30 bits per heavy atom. The first-order valence-electron chi connectivity index (χ1n) is 3.42. The second-order valence-electron chi connectivity index (χ2n) is 2.44. The molecule has 0 rings (SSSR count). The molecule has 0 aromatic heterocycles. The Hall–Kier alpha value is -0.610. The van der Waals surface area contributed by atoms with Crippen molar-refractivity contribution in [1.29, 1.82) is 0 Å². The van der Waals surface area contributed by atoms with Crippen LogP contribution in [0.1, 0.15) is 26.2 Å². The van der Waals surface area contributed by atoms with Crippen LogP contribution in [0, 0.1) is 0 Å². The van der Waals surface area contributed by atoms with Crippen LogP contribution in [0.5, 0.6) is 0 Å². The minimum absolute atomic E-state index is 0.124. The fourth-order valence-corrected chi connectivity index (χ4v) is 0.657. The highest BCUT2D eigenvalue weighted by Gasteiger charge is 1.98. The molecule has 0 aromatic carbocycles. The van der Waals surface area contributed by atoms with Crippen LogP contribution in [0.3, 0.4) is 0 Å². The highest BCUT2D eigenvalue weighted by Crippen LogP contribution is 1.96. The maximum atomic E-state index is 10.5. The molecule has 0 radical (unpaired) electrons. The molecular formula is C6H15N3O. The molecule has 10 heavy (non-hydrogen) atoms. The summed E-state index contributed by atoms with van der Waals surface area (Å²) in [6.45, 7) is 1.92. The summed E-state index contributed by atoms with van der Waals surface area (Å²) in [6, 6.07) is 0.172. The molecule has 0 bridgehead atoms. The maximum absolute atomic E-state index is 10.5. The second kappa shape index (κ2) is 5.20. The molecule has 1 amide bonds. The van der Waals surface area contributed by atoms with E-state index in [1.807, 2.05) is 6.92 Å². The van der Waals surface area contributed by atoms with Crippen LogP contribution in [0.15, 0.2) is 0 Å². The molecule has 60 valence electrons. The van der Waals surface area contributed by atoms with Crippen molar-refractivity contribution in [1.82, 2.24) is 5.43 Å². The van der Waals surface area contributed by atoms with Crippen LogP contribution < -0.4 is 17.0 Å². The minimum atomic E-state index is -0.124. The summed E-state index contributed by atoms with van der Waals surface area (Å²) in [6.07, 6.45) is 2.14. The number of hydrogen-bond acceptors (Lipinski definition) is 3. The Balaban J connectivity index is 3.12. The summed E-state index contributed by atoms with van der Waals surface area (Å²) in [7, 11) is 0. The number of carbonyl (C=O) groups excluding carboxylic acids is 1. The third-order valence-electron chi connectivity index (χ3n) is 1.22. The molecule has 0 heterocycles. The van der Waals surface area contributed by atoms with Gasteiger partial charge in [-0.2, -0.15) is 0 Å². The number of carbonyl (C=O) groups is 1. The van der Waals surface area contributed by atoms with Gasteiger partial charge in [-0.1, -0.05) is 0 Å². The van der Waals surface area contributed by atoms with Gasteiger partial charge >= 0.3 is 0 Å². The molecule has 4 nitrogen and oxygen atoms in total. The van der Waals surface area contributed by atoms with E-state index in [0.717, 1.165) is 12.8 Å². The van der Waals surface area contributed by atoms with Crippen molar-refractivity contribution in [2.75, 3.05) is 0 Å². The van der Waals surface area contributed by atoms with Gasteiger partial charge in [-0.25, -0.2) is 5.84 Å². The van der Waals surface area contributed by atoms with Crippen molar-refractivity contribution >= 4 is 5.91 Å². The molecule has 4 heteroatoms. The Bertz CT molecular complexity index is 103. The maximum Gasteiger partial charge on any atom is 0.233 e. The first-order chi connectivity index (χ1) is 4.66. The van der Waals surface area contributed by atoms with E-state index in [1.54, 1.807) is 0 Å². The van der Waals surface area contributed by atoms with E-state index in [0.29, 0.717) is 6.42 Å². The molecule has 0 fully saturated rings. The topological polar surface area (TPSA) is 81.1 Å². The molecular weight excluding hydrogens is 130 g/mol. The largest absolute Gasteiger partial charge is 0.328 e. The Labute approximate surface area is 60.9 Å². The molecule has 1 atom stereocenters. The SMILES string of the molecule is CC(N)CCCC(=O)NN. The number of amides is 1. The van der Waals surface area contributed by atoms with Crippen LogP contribution in [-0.4, -0.2) is 11.9 Å². The highest BCUT2D eigenvalue weighted by atomic mass is 16.2. The smallest absolute Gasteiger partial charge is 0.233 e. The van der Waals surface area contributed by atoms with Crippen LogP contribution in [0.4, 0.5) is 0 Å². The minimum Gasteiger partial charge on any atom is -0.328 e. The van der Waals surface area contributed by atoms with Crippen molar-refractivity contribution in [3.63, 3.8) is 0 Å². The van der Waals surface area contributed by atoms with Gasteiger partial charge in [0.05, 0.1) is 0 Å². The molecule has 1 unspecified atom stereocenters. The number of nitrogens with one attached hydrogen (secondary N) is 1. The van der Waals surface area contributed by atoms with E-state index >= 15 is 0 Å². The van der Waals surface area contributed by atoms with Gasteiger partial charge in [-0.05, 0) is 19.8 Å². The highest BCUT2D eigenvalue weighted by molar-refractivity contribution is 5.75. The van der Waals surface area contributed by atoms with Gasteiger partial charge in [0.1, 0.15) is 0 Å². The lowest BCUT2D eigenvalue weighted by molar-refractivity contribution is -0.121. The standard InChI is InChI=1S/C6H15N3O/c1-5(7)3-2-4-6(10)9-8/h5H,2-4,7-8H2,1H3,(H,9,10). The third kappa shape index (κ3) is 5.53. The summed E-state index contributed by atoms with van der Waals surface area (Å²) >= 11 is 0. The van der Waals surface area contributed by atoms with Gasteiger partial charge in [0.2, 0.25) is 5.91 Å². The summed E-state index contributed by atoms with van der Waals surface area (Å²) in [5, 5.41) is 0. The van der Waals surface area contributed by atoms with Gasteiger partial charge in [-0.3, -0.25) is 10.2 Å². The van der Waals surface area contributed by atoms with Gasteiger partial charge < -0.3 is 5.73 Å². The number of hydrazine groups is 1. The summed E-state index contributed by atoms with van der Waals surface area (Å²) in [4.78, 5) is 10.5. The van der Waals surface area contributed by atoms with Crippen molar-refractivity contribution < 1.29 is 4.79 Å². The zero-order valence-corrected chi connectivity index (χ0v) is 6.26. The zero-order chi connectivity index (χ0) is 7.98. The van der Waals surface area contributed by atoms with E-state index in [4.69, 9.17) is 11.6 Å². The first kappa shape index (κ1) is 9.39. The van der Waals surface area contributed by atoms with Crippen LogP contribution >= 0.6 is 0 Å². The van der Waals surface area contributed by atoms with Crippen LogP contribution in [-0.2, 0) is 4.79 Å². The number of nitrogens with two attached hydrogens (primary N) is 2. The zero-order valence-electron chi connectivity index (χ0n) is 6.26. The predicted molar refractivity (Wildman–Crippen MR) is 39.8 cm³/mol. The second-order valence-corrected chi connectivity index (χ2v) is 2.44. The fourth-order valence-electron chi connectivity index (χ4n) is 0.657. The molecule has 0 saturated heterocycles. The molecule has 0 aromatic rings. The summed E-state index contributed by atoms with van der Waals surface area (Å²) in [5.41, 5.74) is 7.52. The first-order valence-corrected chi connectivity index (χ1v) is 3.42. The van der Waals surface area contributed by atoms with E-state index in [2.05, 4.69) is 5.43 Å². The number of rotatable bonds is 4. The average Bonchev–Trinajstić information content (AvgIpc) is 1.87. The van der Waals surface area contributed by atoms with Crippen molar-refractivity contribution in [3.05, 3.63) is 0 Å². The Morgan fingerprint density at radius 3 is 2.70 bits per heavy atom. The van der Waals surface area contributed by atoms with E-state index in [9.17, 15) is 4.79 Å². The van der Waals surface area contributed by atoms with E-state index in [1.165, 1.54) is 0 Å². The van der Waals surface area contributed by atoms with E-state index < -0.39 is 0 Å². The predicted octanol–water partition coefficient (Wildman–Crippen LogP) is -0.506. The Morgan fingerprint density at radius 1 is 1.70 bits per heavy atom. The summed E-state index contributed by atoms with van der Waals surface area (Å²) in [5.74, 6) is 4.73. The molecule has 0 aliphatic rings. The lowest BCUT2D eigenvalue weighted by Gasteiger charge is -2.02. The Kier molecular flexibility index (Phi) is 4.88. The van der Waals surface area contributed by atoms with Crippen molar-refractivity contribution in [2.45, 2.75) is 32.2 Å². The van der Waals surface area contributed by atoms with Gasteiger partial charge in [0.15, 0.2) is 0 Å². The summed E-state index contributed by atoms with van der Waals surface area (Å²) < 4.78 is 0. The third-order valence-corrected chi connectivity index (χ3v) is 1.22. The van der Waals surface area contributed by atoms with Crippen molar-refractivity contribution in [3.8, 4) is 0 Å². The average molecular weight is 145 g/mol. The normalized spacial score (nSPS) is 12.7.